The number of amides is 1. The Morgan fingerprint density at radius 1 is 1.46 bits per heavy atom. The summed E-state index contributed by atoms with van der Waals surface area (Å²) in [6.45, 7) is 1.10. The van der Waals surface area contributed by atoms with Gasteiger partial charge in [0.25, 0.3) is 5.91 Å². The first-order valence-electron chi connectivity index (χ1n) is 7.79. The van der Waals surface area contributed by atoms with Gasteiger partial charge in [-0.1, -0.05) is 0 Å². The minimum absolute atomic E-state index is 0.000696. The van der Waals surface area contributed by atoms with Crippen molar-refractivity contribution in [3.05, 3.63) is 36.8 Å². The summed E-state index contributed by atoms with van der Waals surface area (Å²) in [5, 5.41) is 4.19. The number of aromatic nitrogens is 3. The lowest BCUT2D eigenvalue weighted by molar-refractivity contribution is -0.134. The molecule has 0 unspecified atom stereocenters. The normalized spacial score (nSPS) is 20.3. The zero-order valence-electron chi connectivity index (χ0n) is 13.5. The van der Waals surface area contributed by atoms with Crippen LogP contribution < -0.4 is 10.5 Å². The highest BCUT2D eigenvalue weighted by molar-refractivity contribution is 5.78. The van der Waals surface area contributed by atoms with Crippen molar-refractivity contribution in [2.75, 3.05) is 26.0 Å². The van der Waals surface area contributed by atoms with E-state index in [2.05, 4.69) is 10.1 Å². The van der Waals surface area contributed by atoms with Crippen LogP contribution in [0.5, 0.6) is 5.75 Å². The summed E-state index contributed by atoms with van der Waals surface area (Å²) in [5.41, 5.74) is 5.65. The fourth-order valence-corrected chi connectivity index (χ4v) is 2.88. The highest BCUT2D eigenvalue weighted by Gasteiger charge is 2.35. The van der Waals surface area contributed by atoms with Crippen LogP contribution in [0.2, 0.25) is 0 Å². The molecule has 1 saturated heterocycles. The monoisotopic (exact) mass is 331 g/mol. The Kier molecular flexibility index (Phi) is 4.95. The van der Waals surface area contributed by atoms with E-state index in [0.717, 1.165) is 6.42 Å². The number of likely N-dealkylation sites (tertiary alicyclic amines) is 1. The Balaban J connectivity index is 1.63. The second-order valence-corrected chi connectivity index (χ2v) is 5.73. The smallest absolute Gasteiger partial charge is 0.260 e. The molecule has 0 aliphatic carbocycles. The fraction of sp³-hybridized carbons (Fsp3) is 0.438. The van der Waals surface area contributed by atoms with Crippen LogP contribution in [0.15, 0.2) is 36.8 Å². The first-order valence-corrected chi connectivity index (χ1v) is 7.79. The van der Waals surface area contributed by atoms with E-state index in [1.807, 2.05) is 6.20 Å². The molecule has 2 aromatic heterocycles. The summed E-state index contributed by atoms with van der Waals surface area (Å²) in [4.78, 5) is 18.3. The Morgan fingerprint density at radius 2 is 2.33 bits per heavy atom. The molecule has 3 heterocycles. The SMILES string of the molecule is CO[C@@H]1C[C@@H](Cn2ccc(N)n2)N(C(=O)COc2cccnc2)C1. The fourth-order valence-electron chi connectivity index (χ4n) is 2.88. The Bertz CT molecular complexity index is 675. The first-order chi connectivity index (χ1) is 11.7. The van der Waals surface area contributed by atoms with Gasteiger partial charge in [-0.25, -0.2) is 0 Å². The molecule has 0 spiro atoms. The summed E-state index contributed by atoms with van der Waals surface area (Å²) in [6, 6.07) is 5.27. The zero-order chi connectivity index (χ0) is 16.9. The van der Waals surface area contributed by atoms with E-state index in [0.29, 0.717) is 24.7 Å². The van der Waals surface area contributed by atoms with E-state index in [1.54, 1.807) is 47.3 Å². The van der Waals surface area contributed by atoms with Gasteiger partial charge >= 0.3 is 0 Å². The van der Waals surface area contributed by atoms with Gasteiger partial charge in [0, 0.05) is 26.0 Å². The summed E-state index contributed by atoms with van der Waals surface area (Å²) < 4.78 is 12.7. The molecular weight excluding hydrogens is 310 g/mol. The molecule has 2 aromatic rings. The molecule has 3 rings (SSSR count). The van der Waals surface area contributed by atoms with Crippen LogP contribution in [0.4, 0.5) is 5.82 Å². The quantitative estimate of drug-likeness (QED) is 0.831. The molecule has 2 atom stereocenters. The van der Waals surface area contributed by atoms with Crippen LogP contribution in [-0.4, -0.2) is 58.0 Å². The number of hydrogen-bond acceptors (Lipinski definition) is 6. The van der Waals surface area contributed by atoms with E-state index < -0.39 is 0 Å². The number of hydrogen-bond donors (Lipinski definition) is 1. The minimum Gasteiger partial charge on any atom is -0.482 e. The van der Waals surface area contributed by atoms with Gasteiger partial charge in [-0.15, -0.1) is 0 Å². The Labute approximate surface area is 140 Å². The van der Waals surface area contributed by atoms with Gasteiger partial charge in [0.15, 0.2) is 6.61 Å². The molecule has 1 aliphatic heterocycles. The molecule has 0 radical (unpaired) electrons. The number of nitrogens with two attached hydrogens (primary N) is 1. The molecule has 1 aliphatic rings. The van der Waals surface area contributed by atoms with Gasteiger partial charge in [0.1, 0.15) is 11.6 Å². The van der Waals surface area contributed by atoms with Gasteiger partial charge in [0.05, 0.1) is 24.9 Å². The molecule has 0 saturated carbocycles. The maximum Gasteiger partial charge on any atom is 0.260 e. The highest BCUT2D eigenvalue weighted by atomic mass is 16.5. The number of pyridine rings is 1. The number of rotatable bonds is 6. The number of nitrogen functional groups attached to an aromatic ring is 1. The lowest BCUT2D eigenvalue weighted by Gasteiger charge is -2.24. The van der Waals surface area contributed by atoms with Crippen LogP contribution >= 0.6 is 0 Å². The third-order valence-corrected chi connectivity index (χ3v) is 4.09. The molecule has 0 bridgehead atoms. The van der Waals surface area contributed by atoms with Crippen molar-refractivity contribution < 1.29 is 14.3 Å². The number of carbonyl (C=O) groups excluding carboxylic acids is 1. The minimum atomic E-state index is -0.0801. The second kappa shape index (κ2) is 7.31. The maximum absolute atomic E-state index is 12.6. The van der Waals surface area contributed by atoms with E-state index in [9.17, 15) is 4.79 Å². The molecule has 2 N–H and O–H groups in total. The Hall–Kier alpha value is -2.61. The predicted molar refractivity (Wildman–Crippen MR) is 87.3 cm³/mol. The standard InChI is InChI=1S/C16H21N5O3/c1-23-14-7-12(9-20-6-4-15(17)19-20)21(10-14)16(22)11-24-13-3-2-5-18-8-13/h2-6,8,12,14H,7,9-11H2,1H3,(H2,17,19)/t12-,14+/m0/s1. The van der Waals surface area contributed by atoms with E-state index in [-0.39, 0.29) is 24.7 Å². The molecule has 128 valence electrons. The van der Waals surface area contributed by atoms with Crippen LogP contribution in [0.3, 0.4) is 0 Å². The number of carbonyl (C=O) groups is 1. The number of ether oxygens (including phenoxy) is 2. The number of nitrogens with zero attached hydrogens (tertiary/aromatic N) is 4. The van der Waals surface area contributed by atoms with Crippen molar-refractivity contribution in [1.29, 1.82) is 0 Å². The summed E-state index contributed by atoms with van der Waals surface area (Å²) in [6.07, 6.45) is 5.83. The third kappa shape index (κ3) is 3.83. The predicted octanol–water partition coefficient (Wildman–Crippen LogP) is 0.555. The molecule has 24 heavy (non-hydrogen) atoms. The highest BCUT2D eigenvalue weighted by Crippen LogP contribution is 2.22. The van der Waals surface area contributed by atoms with Crippen molar-refractivity contribution in [2.45, 2.75) is 25.1 Å². The average Bonchev–Trinajstić information content (AvgIpc) is 3.20. The van der Waals surface area contributed by atoms with E-state index in [1.165, 1.54) is 0 Å². The van der Waals surface area contributed by atoms with Crippen molar-refractivity contribution in [3.63, 3.8) is 0 Å². The molecular formula is C16H21N5O3. The molecule has 1 fully saturated rings. The largest absolute Gasteiger partial charge is 0.482 e. The van der Waals surface area contributed by atoms with E-state index in [4.69, 9.17) is 15.2 Å². The van der Waals surface area contributed by atoms with Gasteiger partial charge in [-0.3, -0.25) is 14.5 Å². The van der Waals surface area contributed by atoms with Gasteiger partial charge < -0.3 is 20.1 Å². The first kappa shape index (κ1) is 16.3. The molecule has 8 nitrogen and oxygen atoms in total. The number of anilines is 1. The summed E-state index contributed by atoms with van der Waals surface area (Å²) >= 11 is 0. The second-order valence-electron chi connectivity index (χ2n) is 5.73. The zero-order valence-corrected chi connectivity index (χ0v) is 13.5. The average molecular weight is 331 g/mol. The van der Waals surface area contributed by atoms with Crippen molar-refractivity contribution in [1.82, 2.24) is 19.7 Å². The Morgan fingerprint density at radius 3 is 3.00 bits per heavy atom. The summed E-state index contributed by atoms with van der Waals surface area (Å²) in [7, 11) is 1.66. The van der Waals surface area contributed by atoms with Crippen LogP contribution in [-0.2, 0) is 16.1 Å². The van der Waals surface area contributed by atoms with Crippen molar-refractivity contribution in [2.24, 2.45) is 0 Å². The van der Waals surface area contributed by atoms with Gasteiger partial charge in [-0.05, 0) is 24.6 Å². The van der Waals surface area contributed by atoms with Crippen LogP contribution in [0, 0.1) is 0 Å². The molecule has 0 aromatic carbocycles. The number of methoxy groups -OCH3 is 1. The van der Waals surface area contributed by atoms with Crippen molar-refractivity contribution >= 4 is 11.7 Å². The lowest BCUT2D eigenvalue weighted by atomic mass is 10.2. The molecule has 1 amide bonds. The lowest BCUT2D eigenvalue weighted by Crippen LogP contribution is -2.41. The summed E-state index contributed by atoms with van der Waals surface area (Å²) in [5.74, 6) is 0.961. The van der Waals surface area contributed by atoms with Crippen LogP contribution in [0.25, 0.3) is 0 Å². The van der Waals surface area contributed by atoms with E-state index >= 15 is 0 Å². The van der Waals surface area contributed by atoms with Gasteiger partial charge in [0.2, 0.25) is 0 Å². The van der Waals surface area contributed by atoms with Gasteiger partial charge in [-0.2, -0.15) is 5.10 Å². The molecule has 8 heteroatoms. The van der Waals surface area contributed by atoms with Crippen molar-refractivity contribution in [3.8, 4) is 5.75 Å². The third-order valence-electron chi connectivity index (χ3n) is 4.09. The maximum atomic E-state index is 12.6. The topological polar surface area (TPSA) is 95.5 Å². The van der Waals surface area contributed by atoms with Crippen LogP contribution in [0.1, 0.15) is 6.42 Å².